The largest absolute Gasteiger partial charge is 0.452 e. The van der Waals surface area contributed by atoms with Crippen LogP contribution in [0.25, 0.3) is 10.9 Å². The number of H-pyrrole nitrogens is 1. The van der Waals surface area contributed by atoms with E-state index in [0.29, 0.717) is 5.56 Å². The molecule has 0 aliphatic rings. The van der Waals surface area contributed by atoms with Crippen LogP contribution in [0.1, 0.15) is 29.9 Å². The number of aryl methyl sites for hydroxylation is 1. The van der Waals surface area contributed by atoms with Crippen LogP contribution in [0.15, 0.2) is 54.6 Å². The number of anilines is 1. The van der Waals surface area contributed by atoms with Gasteiger partial charge in [0, 0.05) is 28.3 Å². The number of carbonyl (C=O) groups is 2. The van der Waals surface area contributed by atoms with Crippen molar-refractivity contribution in [3.63, 3.8) is 0 Å². The first kappa shape index (κ1) is 17.7. The lowest BCUT2D eigenvalue weighted by atomic mass is 10.1. The number of hydrogen-bond acceptors (Lipinski definition) is 3. The van der Waals surface area contributed by atoms with Gasteiger partial charge < -0.3 is 14.6 Å². The number of nitrogens with zero attached hydrogens (tertiary/aromatic N) is 1. The number of fused-ring (bicyclic) bond motifs is 1. The van der Waals surface area contributed by atoms with Crippen molar-refractivity contribution in [1.29, 1.82) is 0 Å². The Morgan fingerprint density at radius 3 is 2.38 bits per heavy atom. The molecule has 0 atom stereocenters. The predicted molar refractivity (Wildman–Crippen MR) is 102 cm³/mol. The number of aromatic amines is 1. The van der Waals surface area contributed by atoms with Gasteiger partial charge in [-0.15, -0.1) is 0 Å². The van der Waals surface area contributed by atoms with E-state index in [1.807, 2.05) is 75.4 Å². The van der Waals surface area contributed by atoms with Crippen LogP contribution in [0.3, 0.4) is 0 Å². The average Bonchev–Trinajstić information content (AvgIpc) is 2.96. The van der Waals surface area contributed by atoms with Crippen LogP contribution in [0.4, 0.5) is 5.69 Å². The molecule has 1 amide bonds. The summed E-state index contributed by atoms with van der Waals surface area (Å²) in [6.07, 6.45) is 0. The summed E-state index contributed by atoms with van der Waals surface area (Å²) in [6.45, 7) is 5.38. The lowest BCUT2D eigenvalue weighted by molar-refractivity contribution is -0.122. The van der Waals surface area contributed by atoms with Gasteiger partial charge in [-0.25, -0.2) is 4.79 Å². The first-order valence-electron chi connectivity index (χ1n) is 8.60. The van der Waals surface area contributed by atoms with Gasteiger partial charge in [-0.3, -0.25) is 4.79 Å². The van der Waals surface area contributed by atoms with Crippen molar-refractivity contribution in [1.82, 2.24) is 4.98 Å². The van der Waals surface area contributed by atoms with Crippen LogP contribution < -0.4 is 4.90 Å². The Morgan fingerprint density at radius 1 is 1.04 bits per heavy atom. The smallest absolute Gasteiger partial charge is 0.341 e. The van der Waals surface area contributed by atoms with Gasteiger partial charge in [-0.1, -0.05) is 36.4 Å². The van der Waals surface area contributed by atoms with Crippen molar-refractivity contribution >= 4 is 28.5 Å². The van der Waals surface area contributed by atoms with Gasteiger partial charge in [0.1, 0.15) is 0 Å². The zero-order valence-corrected chi connectivity index (χ0v) is 15.2. The van der Waals surface area contributed by atoms with Crippen LogP contribution in [-0.2, 0) is 9.53 Å². The SMILES string of the molecule is Cc1[nH]c2ccccc2c1C(=O)OCC(=O)N(c1ccccc1)C(C)C. The molecule has 26 heavy (non-hydrogen) atoms. The highest BCUT2D eigenvalue weighted by atomic mass is 16.5. The topological polar surface area (TPSA) is 62.4 Å². The Labute approximate surface area is 152 Å². The number of aromatic nitrogens is 1. The number of nitrogens with one attached hydrogen (secondary N) is 1. The molecule has 5 heteroatoms. The Hall–Kier alpha value is -3.08. The van der Waals surface area contributed by atoms with Crippen LogP contribution in [0.2, 0.25) is 0 Å². The van der Waals surface area contributed by atoms with Gasteiger partial charge in [0.2, 0.25) is 0 Å². The minimum atomic E-state index is -0.495. The zero-order chi connectivity index (χ0) is 18.7. The van der Waals surface area contributed by atoms with Gasteiger partial charge in [-0.05, 0) is 39.0 Å². The zero-order valence-electron chi connectivity index (χ0n) is 15.2. The first-order valence-corrected chi connectivity index (χ1v) is 8.60. The lowest BCUT2D eigenvalue weighted by Crippen LogP contribution is -2.39. The van der Waals surface area contributed by atoms with Crippen molar-refractivity contribution in [3.05, 3.63) is 65.9 Å². The molecule has 5 nitrogen and oxygen atoms in total. The monoisotopic (exact) mass is 350 g/mol. The summed E-state index contributed by atoms with van der Waals surface area (Å²) in [6, 6.07) is 16.9. The van der Waals surface area contributed by atoms with E-state index in [1.165, 1.54) is 0 Å². The molecule has 134 valence electrons. The summed E-state index contributed by atoms with van der Waals surface area (Å²) in [4.78, 5) is 30.0. The molecule has 0 aliphatic carbocycles. The quantitative estimate of drug-likeness (QED) is 0.706. The maximum atomic E-state index is 12.6. The fourth-order valence-corrected chi connectivity index (χ4v) is 3.13. The van der Waals surface area contributed by atoms with Crippen LogP contribution in [0, 0.1) is 6.92 Å². The molecule has 0 aliphatic heterocycles. The number of benzene rings is 2. The third kappa shape index (κ3) is 3.47. The van der Waals surface area contributed by atoms with E-state index in [0.717, 1.165) is 22.3 Å². The molecule has 0 saturated heterocycles. The van der Waals surface area contributed by atoms with Gasteiger partial charge in [0.05, 0.1) is 5.56 Å². The third-order valence-corrected chi connectivity index (χ3v) is 4.24. The number of para-hydroxylation sites is 2. The van der Waals surface area contributed by atoms with E-state index in [4.69, 9.17) is 4.74 Å². The Bertz CT molecular complexity index is 929. The summed E-state index contributed by atoms with van der Waals surface area (Å²) in [5.41, 5.74) is 2.86. The second kappa shape index (κ2) is 7.44. The predicted octanol–water partition coefficient (Wildman–Crippen LogP) is 4.07. The standard InChI is InChI=1S/C21H22N2O3/c1-14(2)23(16-9-5-4-6-10-16)19(24)13-26-21(25)20-15(3)22-18-12-8-7-11-17(18)20/h4-12,14,22H,13H2,1-3H3. The van der Waals surface area contributed by atoms with Gasteiger partial charge >= 0.3 is 5.97 Å². The number of ether oxygens (including phenoxy) is 1. The highest BCUT2D eigenvalue weighted by Crippen LogP contribution is 2.23. The molecule has 1 heterocycles. The fourth-order valence-electron chi connectivity index (χ4n) is 3.13. The van der Waals surface area contributed by atoms with Crippen molar-refractivity contribution < 1.29 is 14.3 Å². The summed E-state index contributed by atoms with van der Waals surface area (Å²) >= 11 is 0. The summed E-state index contributed by atoms with van der Waals surface area (Å²) in [5.74, 6) is -0.748. The van der Waals surface area contributed by atoms with Gasteiger partial charge in [0.15, 0.2) is 6.61 Å². The van der Waals surface area contributed by atoms with E-state index in [-0.39, 0.29) is 18.6 Å². The van der Waals surface area contributed by atoms with Gasteiger partial charge in [-0.2, -0.15) is 0 Å². The molecule has 3 aromatic rings. The lowest BCUT2D eigenvalue weighted by Gasteiger charge is -2.26. The number of esters is 1. The number of rotatable bonds is 5. The van der Waals surface area contributed by atoms with E-state index in [2.05, 4.69) is 4.98 Å². The number of amides is 1. The first-order chi connectivity index (χ1) is 12.5. The fraction of sp³-hybridized carbons (Fsp3) is 0.238. The molecule has 0 spiro atoms. The summed E-state index contributed by atoms with van der Waals surface area (Å²) in [7, 11) is 0. The van der Waals surface area contributed by atoms with Gasteiger partial charge in [0.25, 0.3) is 5.91 Å². The number of hydrogen-bond donors (Lipinski definition) is 1. The normalized spacial score (nSPS) is 10.9. The van der Waals surface area contributed by atoms with Crippen LogP contribution in [0.5, 0.6) is 0 Å². The summed E-state index contributed by atoms with van der Waals surface area (Å²) < 4.78 is 5.34. The van der Waals surface area contributed by atoms with Crippen molar-refractivity contribution in [2.24, 2.45) is 0 Å². The molecule has 0 fully saturated rings. The Morgan fingerprint density at radius 2 is 1.69 bits per heavy atom. The Kier molecular flexibility index (Phi) is 5.07. The van der Waals surface area contributed by atoms with E-state index < -0.39 is 5.97 Å². The van der Waals surface area contributed by atoms with Crippen molar-refractivity contribution in [2.45, 2.75) is 26.8 Å². The highest BCUT2D eigenvalue weighted by molar-refractivity contribution is 6.06. The molecule has 0 radical (unpaired) electrons. The van der Waals surface area contributed by atoms with E-state index >= 15 is 0 Å². The van der Waals surface area contributed by atoms with E-state index in [9.17, 15) is 9.59 Å². The molecule has 0 bridgehead atoms. The molecule has 0 unspecified atom stereocenters. The molecular formula is C21H22N2O3. The molecule has 0 saturated carbocycles. The highest BCUT2D eigenvalue weighted by Gasteiger charge is 2.22. The molecular weight excluding hydrogens is 328 g/mol. The third-order valence-electron chi connectivity index (χ3n) is 4.24. The number of carbonyl (C=O) groups excluding carboxylic acids is 2. The van der Waals surface area contributed by atoms with E-state index in [1.54, 1.807) is 4.90 Å². The minimum absolute atomic E-state index is 0.0431. The van der Waals surface area contributed by atoms with Crippen molar-refractivity contribution in [3.8, 4) is 0 Å². The second-order valence-corrected chi connectivity index (χ2v) is 6.44. The minimum Gasteiger partial charge on any atom is -0.452 e. The molecule has 1 N–H and O–H groups in total. The van der Waals surface area contributed by atoms with Crippen molar-refractivity contribution in [2.75, 3.05) is 11.5 Å². The average molecular weight is 350 g/mol. The summed E-state index contributed by atoms with van der Waals surface area (Å²) in [5, 5.41) is 0.797. The second-order valence-electron chi connectivity index (χ2n) is 6.44. The maximum absolute atomic E-state index is 12.6. The van der Waals surface area contributed by atoms with Crippen LogP contribution >= 0.6 is 0 Å². The Balaban J connectivity index is 1.76. The molecule has 1 aromatic heterocycles. The maximum Gasteiger partial charge on any atom is 0.341 e. The molecule has 3 rings (SSSR count). The van der Waals surface area contributed by atoms with Crippen LogP contribution in [-0.4, -0.2) is 29.5 Å². The molecule has 2 aromatic carbocycles.